The molecule has 1 heterocycles. The minimum Gasteiger partial charge on any atom is -0.506 e. The molecule has 0 aliphatic rings. The molecule has 0 radical (unpaired) electrons. The summed E-state index contributed by atoms with van der Waals surface area (Å²) in [7, 11) is 0. The van der Waals surface area contributed by atoms with Crippen LogP contribution in [0.25, 0.3) is 16.7 Å². The second kappa shape index (κ2) is 10.4. The molecule has 0 fully saturated rings. The molecular formula is C17H25N3O. The van der Waals surface area contributed by atoms with E-state index in [0.717, 1.165) is 11.0 Å². The number of allylic oxidation sites excluding steroid dienone is 4. The molecule has 1 aromatic carbocycles. The first kappa shape index (κ1) is 18.6. The highest BCUT2D eigenvalue weighted by atomic mass is 16.3. The van der Waals surface area contributed by atoms with Gasteiger partial charge in [0.1, 0.15) is 22.5 Å². The van der Waals surface area contributed by atoms with Crippen molar-refractivity contribution in [3.05, 3.63) is 54.8 Å². The van der Waals surface area contributed by atoms with Crippen LogP contribution in [0.3, 0.4) is 0 Å². The van der Waals surface area contributed by atoms with Gasteiger partial charge in [-0.05, 0) is 31.2 Å². The first-order valence-corrected chi connectivity index (χ1v) is 7.27. The van der Waals surface area contributed by atoms with Crippen LogP contribution in [0.2, 0.25) is 0 Å². The van der Waals surface area contributed by atoms with Gasteiger partial charge in [-0.25, -0.2) is 0 Å². The quantitative estimate of drug-likeness (QED) is 0.640. The van der Waals surface area contributed by atoms with Gasteiger partial charge in [0, 0.05) is 0 Å². The smallest absolute Gasteiger partial charge is 0.138 e. The van der Waals surface area contributed by atoms with Gasteiger partial charge in [-0.1, -0.05) is 52.5 Å². The van der Waals surface area contributed by atoms with Crippen LogP contribution in [0.4, 0.5) is 0 Å². The summed E-state index contributed by atoms with van der Waals surface area (Å²) in [5.41, 5.74) is 2.07. The Morgan fingerprint density at radius 1 is 1.10 bits per heavy atom. The zero-order valence-electron chi connectivity index (χ0n) is 13.5. The van der Waals surface area contributed by atoms with Crippen LogP contribution in [0.1, 0.15) is 34.6 Å². The van der Waals surface area contributed by atoms with E-state index in [0.29, 0.717) is 5.70 Å². The van der Waals surface area contributed by atoms with Gasteiger partial charge in [0.15, 0.2) is 0 Å². The summed E-state index contributed by atoms with van der Waals surface area (Å²) < 4.78 is 0. The van der Waals surface area contributed by atoms with Gasteiger partial charge in [0.2, 0.25) is 0 Å². The van der Waals surface area contributed by atoms with Crippen molar-refractivity contribution >= 4 is 16.7 Å². The number of hydrogen-bond donors (Lipinski definition) is 1. The molecule has 0 spiro atoms. The molecule has 0 atom stereocenters. The van der Waals surface area contributed by atoms with Crippen molar-refractivity contribution in [3.63, 3.8) is 0 Å². The molecule has 0 saturated carbocycles. The number of aliphatic hydroxyl groups excluding tert-OH is 1. The molecule has 0 aliphatic carbocycles. The fourth-order valence-corrected chi connectivity index (χ4v) is 1.48. The highest BCUT2D eigenvalue weighted by Crippen LogP contribution is 2.15. The van der Waals surface area contributed by atoms with Gasteiger partial charge in [0.25, 0.3) is 0 Å². The van der Waals surface area contributed by atoms with Crippen LogP contribution in [-0.4, -0.2) is 20.1 Å². The van der Waals surface area contributed by atoms with E-state index in [9.17, 15) is 5.11 Å². The van der Waals surface area contributed by atoms with E-state index in [1.165, 1.54) is 4.80 Å². The Bertz CT molecular complexity index is 576. The highest BCUT2D eigenvalue weighted by molar-refractivity contribution is 5.75. The normalized spacial score (nSPS) is 11.1. The summed E-state index contributed by atoms with van der Waals surface area (Å²) in [6, 6.07) is 7.54. The van der Waals surface area contributed by atoms with Crippen molar-refractivity contribution in [2.45, 2.75) is 34.6 Å². The summed E-state index contributed by atoms with van der Waals surface area (Å²) in [6.45, 7) is 13.4. The number of fused-ring (bicyclic) bond motifs is 1. The molecule has 4 nitrogen and oxygen atoms in total. The molecule has 0 unspecified atom stereocenters. The molecule has 0 amide bonds. The lowest BCUT2D eigenvalue weighted by molar-refractivity contribution is 0.427. The fraction of sp³-hybridized carbons (Fsp3) is 0.294. The lowest BCUT2D eigenvalue weighted by Crippen LogP contribution is -2.03. The lowest BCUT2D eigenvalue weighted by atomic mass is 10.3. The van der Waals surface area contributed by atoms with Gasteiger partial charge in [-0.2, -0.15) is 0 Å². The minimum absolute atomic E-state index is 0.116. The summed E-state index contributed by atoms with van der Waals surface area (Å²) >= 11 is 0. The predicted octanol–water partition coefficient (Wildman–Crippen LogP) is 4.97. The van der Waals surface area contributed by atoms with Crippen LogP contribution in [-0.2, 0) is 0 Å². The van der Waals surface area contributed by atoms with Gasteiger partial charge >= 0.3 is 0 Å². The zero-order valence-corrected chi connectivity index (χ0v) is 13.5. The minimum atomic E-state index is 0.116. The fourth-order valence-electron chi connectivity index (χ4n) is 1.48. The first-order chi connectivity index (χ1) is 10.3. The molecule has 1 N–H and O–H groups in total. The molecule has 2 aromatic rings. The van der Waals surface area contributed by atoms with E-state index in [1.54, 1.807) is 25.2 Å². The molecule has 4 heteroatoms. The van der Waals surface area contributed by atoms with Crippen LogP contribution in [0, 0.1) is 0 Å². The largest absolute Gasteiger partial charge is 0.506 e. The Morgan fingerprint density at radius 2 is 1.57 bits per heavy atom. The van der Waals surface area contributed by atoms with E-state index in [4.69, 9.17) is 0 Å². The summed E-state index contributed by atoms with van der Waals surface area (Å²) in [5, 5.41) is 18.4. The predicted molar refractivity (Wildman–Crippen MR) is 91.1 cm³/mol. The van der Waals surface area contributed by atoms with Crippen molar-refractivity contribution in [3.8, 4) is 0 Å². The second-order valence-electron chi connectivity index (χ2n) is 3.44. The topological polar surface area (TPSA) is 50.9 Å². The number of hydrogen-bond acceptors (Lipinski definition) is 3. The van der Waals surface area contributed by atoms with Crippen LogP contribution in [0.5, 0.6) is 0 Å². The van der Waals surface area contributed by atoms with Crippen LogP contribution < -0.4 is 0 Å². The first-order valence-electron chi connectivity index (χ1n) is 7.27. The highest BCUT2D eigenvalue weighted by Gasteiger charge is 2.08. The summed E-state index contributed by atoms with van der Waals surface area (Å²) in [6.07, 6.45) is 4.83. The van der Waals surface area contributed by atoms with E-state index in [2.05, 4.69) is 16.8 Å². The maximum absolute atomic E-state index is 9.77. The Kier molecular flexibility index (Phi) is 9.26. The third kappa shape index (κ3) is 4.91. The standard InChI is InChI=1S/C13H13N3O.2C2H6/c1-3-7-12(13(17)4-2)16-14-10-8-5-6-9-11(10)15-16;2*1-2/h3-9,17H,1H2,2H3;2*1-2H3/b12-7+,13-4+;;. The average molecular weight is 287 g/mol. The van der Waals surface area contributed by atoms with Gasteiger partial charge in [-0.3, -0.25) is 0 Å². The van der Waals surface area contributed by atoms with E-state index in [-0.39, 0.29) is 5.76 Å². The monoisotopic (exact) mass is 287 g/mol. The molecule has 0 bridgehead atoms. The van der Waals surface area contributed by atoms with Gasteiger partial charge in [0.05, 0.1) is 0 Å². The second-order valence-corrected chi connectivity index (χ2v) is 3.44. The van der Waals surface area contributed by atoms with Crippen molar-refractivity contribution in [2.75, 3.05) is 0 Å². The third-order valence-corrected chi connectivity index (χ3v) is 2.31. The molecule has 2 rings (SSSR count). The maximum atomic E-state index is 9.77. The SMILES string of the molecule is C=C/C=C(\C(O)=C/C)n1nc2ccccc2n1.CC.CC. The number of benzene rings is 1. The number of aliphatic hydroxyl groups is 1. The number of nitrogens with zero attached hydrogens (tertiary/aromatic N) is 3. The lowest BCUT2D eigenvalue weighted by Gasteiger charge is -2.03. The zero-order chi connectivity index (χ0) is 16.3. The van der Waals surface area contributed by atoms with Crippen molar-refractivity contribution in [1.29, 1.82) is 0 Å². The van der Waals surface area contributed by atoms with Gasteiger partial charge in [-0.15, -0.1) is 15.0 Å². The van der Waals surface area contributed by atoms with E-state index >= 15 is 0 Å². The average Bonchev–Trinajstić information content (AvgIpc) is 2.99. The van der Waals surface area contributed by atoms with E-state index in [1.807, 2.05) is 52.0 Å². The number of rotatable bonds is 3. The molecule has 0 aliphatic heterocycles. The Balaban J connectivity index is 0.000000921. The van der Waals surface area contributed by atoms with Crippen LogP contribution in [0.15, 0.2) is 54.8 Å². The summed E-state index contributed by atoms with van der Waals surface area (Å²) in [5.74, 6) is 0.116. The molecule has 21 heavy (non-hydrogen) atoms. The number of aromatic nitrogens is 3. The van der Waals surface area contributed by atoms with Crippen molar-refractivity contribution in [2.24, 2.45) is 0 Å². The van der Waals surface area contributed by atoms with Crippen molar-refractivity contribution in [1.82, 2.24) is 15.0 Å². The molecule has 1 aromatic heterocycles. The van der Waals surface area contributed by atoms with Gasteiger partial charge < -0.3 is 5.11 Å². The van der Waals surface area contributed by atoms with Crippen LogP contribution >= 0.6 is 0 Å². The molecular weight excluding hydrogens is 262 g/mol. The van der Waals surface area contributed by atoms with Crippen molar-refractivity contribution < 1.29 is 5.11 Å². The van der Waals surface area contributed by atoms with E-state index < -0.39 is 0 Å². The third-order valence-electron chi connectivity index (χ3n) is 2.31. The molecule has 114 valence electrons. The Labute approximate surface area is 127 Å². The molecule has 0 saturated heterocycles. The Morgan fingerprint density at radius 3 is 1.95 bits per heavy atom. The summed E-state index contributed by atoms with van der Waals surface area (Å²) in [4.78, 5) is 1.40. The maximum Gasteiger partial charge on any atom is 0.138 e. The Hall–Kier alpha value is -2.36.